The van der Waals surface area contributed by atoms with Crippen LogP contribution in [0.15, 0.2) is 22.7 Å². The van der Waals surface area contributed by atoms with Crippen LogP contribution in [-0.4, -0.2) is 21.6 Å². The summed E-state index contributed by atoms with van der Waals surface area (Å²) in [5.41, 5.74) is 2.31. The fourth-order valence-electron chi connectivity index (χ4n) is 2.75. The van der Waals surface area contributed by atoms with E-state index in [1.807, 2.05) is 6.07 Å². The van der Waals surface area contributed by atoms with E-state index in [2.05, 4.69) is 15.0 Å². The Hall–Kier alpha value is -1.75. The Morgan fingerprint density at radius 3 is 3.05 bits per heavy atom. The van der Waals surface area contributed by atoms with E-state index in [4.69, 9.17) is 4.52 Å². The molecule has 20 heavy (non-hydrogen) atoms. The molecule has 1 aromatic carbocycles. The molecule has 0 saturated heterocycles. The smallest absolute Gasteiger partial charge is 0.240 e. The summed E-state index contributed by atoms with van der Waals surface area (Å²) in [5.74, 6) is 1.93. The molecule has 0 atom stereocenters. The van der Waals surface area contributed by atoms with Crippen LogP contribution in [0.5, 0.6) is 0 Å². The first-order valence-electron chi connectivity index (χ1n) is 7.10. The highest BCUT2D eigenvalue weighted by molar-refractivity contribution is 5.29. The Balaban J connectivity index is 1.46. The quantitative estimate of drug-likeness (QED) is 0.862. The van der Waals surface area contributed by atoms with E-state index in [-0.39, 0.29) is 5.82 Å². The first-order valence-corrected chi connectivity index (χ1v) is 7.10. The molecule has 2 heterocycles. The number of nitrogens with zero attached hydrogens (tertiary/aromatic N) is 3. The van der Waals surface area contributed by atoms with Gasteiger partial charge in [-0.25, -0.2) is 4.39 Å². The average Bonchev–Trinajstić information content (AvgIpc) is 3.20. The zero-order valence-electron chi connectivity index (χ0n) is 11.2. The summed E-state index contributed by atoms with van der Waals surface area (Å²) in [5, 5.41) is 4.04. The Morgan fingerprint density at radius 2 is 2.20 bits per heavy atom. The van der Waals surface area contributed by atoms with Crippen LogP contribution in [0, 0.1) is 5.82 Å². The number of hydrogen-bond acceptors (Lipinski definition) is 4. The van der Waals surface area contributed by atoms with Gasteiger partial charge < -0.3 is 4.52 Å². The molecule has 0 N–H and O–H groups in total. The minimum atomic E-state index is -0.150. The standard InChI is InChI=1S/C15H16FN3O/c16-13-4-3-12-8-19(6-5-11(12)7-13)9-14-17-15(18-20-14)10-1-2-10/h3-4,7,10H,1-2,5-6,8-9H2. The lowest BCUT2D eigenvalue weighted by atomic mass is 10.00. The number of benzene rings is 1. The zero-order chi connectivity index (χ0) is 13.5. The van der Waals surface area contributed by atoms with Crippen LogP contribution in [0.2, 0.25) is 0 Å². The largest absolute Gasteiger partial charge is 0.338 e. The highest BCUT2D eigenvalue weighted by Crippen LogP contribution is 2.38. The summed E-state index contributed by atoms with van der Waals surface area (Å²) in [7, 11) is 0. The van der Waals surface area contributed by atoms with Gasteiger partial charge in [0.2, 0.25) is 5.89 Å². The maximum atomic E-state index is 13.2. The van der Waals surface area contributed by atoms with Crippen molar-refractivity contribution in [3.63, 3.8) is 0 Å². The molecule has 2 aromatic rings. The summed E-state index contributed by atoms with van der Waals surface area (Å²) in [4.78, 5) is 6.73. The molecule has 1 aromatic heterocycles. The van der Waals surface area contributed by atoms with Crippen molar-refractivity contribution in [2.75, 3.05) is 6.54 Å². The number of hydrogen-bond donors (Lipinski definition) is 0. The molecule has 4 rings (SSSR count). The molecule has 0 amide bonds. The van der Waals surface area contributed by atoms with E-state index >= 15 is 0 Å². The van der Waals surface area contributed by atoms with Crippen molar-refractivity contribution in [3.05, 3.63) is 46.9 Å². The summed E-state index contributed by atoms with van der Waals surface area (Å²) in [6.07, 6.45) is 3.24. The molecule has 0 bridgehead atoms. The first kappa shape index (κ1) is 12.0. The molecule has 5 heteroatoms. The predicted octanol–water partition coefficient (Wildman–Crippen LogP) is 2.64. The van der Waals surface area contributed by atoms with Gasteiger partial charge >= 0.3 is 0 Å². The minimum Gasteiger partial charge on any atom is -0.338 e. The molecule has 0 spiro atoms. The van der Waals surface area contributed by atoms with Gasteiger partial charge in [-0.15, -0.1) is 0 Å². The third kappa shape index (κ3) is 2.33. The molecule has 1 saturated carbocycles. The Labute approximate surface area is 116 Å². The number of halogens is 1. The van der Waals surface area contributed by atoms with E-state index in [0.29, 0.717) is 18.4 Å². The lowest BCUT2D eigenvalue weighted by Gasteiger charge is -2.27. The van der Waals surface area contributed by atoms with Gasteiger partial charge in [0.15, 0.2) is 5.82 Å². The maximum absolute atomic E-state index is 13.2. The molecule has 1 fully saturated rings. The predicted molar refractivity (Wildman–Crippen MR) is 70.5 cm³/mol. The van der Waals surface area contributed by atoms with Gasteiger partial charge in [-0.2, -0.15) is 4.98 Å². The van der Waals surface area contributed by atoms with Gasteiger partial charge in [0, 0.05) is 19.0 Å². The first-order chi connectivity index (χ1) is 9.78. The Bertz CT molecular complexity index is 636. The second-order valence-corrected chi connectivity index (χ2v) is 5.69. The topological polar surface area (TPSA) is 42.2 Å². The molecule has 1 aliphatic carbocycles. The van der Waals surface area contributed by atoms with Gasteiger partial charge in [0.1, 0.15) is 5.82 Å². The van der Waals surface area contributed by atoms with E-state index in [0.717, 1.165) is 30.9 Å². The second kappa shape index (κ2) is 4.66. The lowest BCUT2D eigenvalue weighted by molar-refractivity contribution is 0.210. The number of rotatable bonds is 3. The molecule has 1 aliphatic heterocycles. The van der Waals surface area contributed by atoms with E-state index in [1.54, 1.807) is 6.07 Å². The Morgan fingerprint density at radius 1 is 1.30 bits per heavy atom. The highest BCUT2D eigenvalue weighted by atomic mass is 19.1. The summed E-state index contributed by atoms with van der Waals surface area (Å²) in [6, 6.07) is 5.05. The van der Waals surface area contributed by atoms with Crippen molar-refractivity contribution < 1.29 is 8.91 Å². The molecule has 2 aliphatic rings. The van der Waals surface area contributed by atoms with E-state index in [1.165, 1.54) is 24.5 Å². The third-order valence-electron chi connectivity index (χ3n) is 4.04. The van der Waals surface area contributed by atoms with Crippen molar-refractivity contribution in [1.82, 2.24) is 15.0 Å². The molecule has 4 nitrogen and oxygen atoms in total. The molecule has 0 radical (unpaired) electrons. The number of fused-ring (bicyclic) bond motifs is 1. The van der Waals surface area contributed by atoms with Gasteiger partial charge in [-0.1, -0.05) is 11.2 Å². The van der Waals surface area contributed by atoms with Gasteiger partial charge in [-0.3, -0.25) is 4.90 Å². The van der Waals surface area contributed by atoms with Crippen molar-refractivity contribution in [2.24, 2.45) is 0 Å². The minimum absolute atomic E-state index is 0.150. The van der Waals surface area contributed by atoms with Crippen LogP contribution in [0.4, 0.5) is 4.39 Å². The SMILES string of the molecule is Fc1ccc2c(c1)CCN(Cc1nc(C3CC3)no1)C2. The monoisotopic (exact) mass is 273 g/mol. The molecular weight excluding hydrogens is 257 g/mol. The van der Waals surface area contributed by atoms with Crippen molar-refractivity contribution in [1.29, 1.82) is 0 Å². The van der Waals surface area contributed by atoms with E-state index < -0.39 is 0 Å². The van der Waals surface area contributed by atoms with Crippen molar-refractivity contribution in [3.8, 4) is 0 Å². The fraction of sp³-hybridized carbons (Fsp3) is 0.467. The molecule has 104 valence electrons. The van der Waals surface area contributed by atoms with Gasteiger partial charge in [0.05, 0.1) is 6.54 Å². The Kier molecular flexibility index (Phi) is 2.80. The van der Waals surface area contributed by atoms with Crippen molar-refractivity contribution in [2.45, 2.75) is 38.3 Å². The van der Waals surface area contributed by atoms with Gasteiger partial charge in [-0.05, 0) is 42.5 Å². The second-order valence-electron chi connectivity index (χ2n) is 5.69. The maximum Gasteiger partial charge on any atom is 0.240 e. The summed E-state index contributed by atoms with van der Waals surface area (Å²) in [6.45, 7) is 2.39. The van der Waals surface area contributed by atoms with Crippen LogP contribution in [-0.2, 0) is 19.5 Å². The van der Waals surface area contributed by atoms with Crippen LogP contribution < -0.4 is 0 Å². The lowest BCUT2D eigenvalue weighted by Crippen LogP contribution is -2.30. The molecular formula is C15H16FN3O. The summed E-state index contributed by atoms with van der Waals surface area (Å²) >= 11 is 0. The van der Waals surface area contributed by atoms with Gasteiger partial charge in [0.25, 0.3) is 0 Å². The number of aromatic nitrogens is 2. The van der Waals surface area contributed by atoms with E-state index in [9.17, 15) is 4.39 Å². The zero-order valence-corrected chi connectivity index (χ0v) is 11.2. The van der Waals surface area contributed by atoms with Crippen LogP contribution in [0.3, 0.4) is 0 Å². The van der Waals surface area contributed by atoms with Crippen LogP contribution in [0.25, 0.3) is 0 Å². The molecule has 0 unspecified atom stereocenters. The fourth-order valence-corrected chi connectivity index (χ4v) is 2.75. The average molecular weight is 273 g/mol. The van der Waals surface area contributed by atoms with Crippen LogP contribution >= 0.6 is 0 Å². The van der Waals surface area contributed by atoms with Crippen molar-refractivity contribution >= 4 is 0 Å². The summed E-state index contributed by atoms with van der Waals surface area (Å²) < 4.78 is 18.5. The van der Waals surface area contributed by atoms with Crippen LogP contribution in [0.1, 0.15) is 41.6 Å². The third-order valence-corrected chi connectivity index (χ3v) is 4.04. The highest BCUT2D eigenvalue weighted by Gasteiger charge is 2.29. The normalized spacial score (nSPS) is 19.1.